The molecule has 0 N–H and O–H groups in total. The summed E-state index contributed by atoms with van der Waals surface area (Å²) in [6, 6.07) is -1.03. The van der Waals surface area contributed by atoms with Crippen molar-refractivity contribution in [2.75, 3.05) is 0 Å². The van der Waals surface area contributed by atoms with Gasteiger partial charge >= 0.3 is 31.9 Å². The van der Waals surface area contributed by atoms with Gasteiger partial charge in [0.05, 0.1) is 6.04 Å². The molecule has 0 aliphatic carbocycles. The Hall–Kier alpha value is 0.714. The Morgan fingerprint density at radius 3 is 1.24 bits per heavy atom. The summed E-state index contributed by atoms with van der Waals surface area (Å²) in [6.07, 6.45) is -4.33. The summed E-state index contributed by atoms with van der Waals surface area (Å²) < 4.78 is 63.7. The zero-order valence-electron chi connectivity index (χ0n) is 17.5. The lowest BCUT2D eigenvalue weighted by Gasteiger charge is -2.42. The minimum Gasteiger partial charge on any atom is -0.437 e. The molecule has 152 valence electrons. The van der Waals surface area contributed by atoms with Crippen LogP contribution in [0, 0.1) is 0 Å². The third-order valence-corrected chi connectivity index (χ3v) is 19.8. The predicted molar refractivity (Wildman–Crippen MR) is 108 cm³/mol. The highest BCUT2D eigenvalue weighted by Crippen LogP contribution is 2.34. The van der Waals surface area contributed by atoms with E-state index in [0.29, 0.717) is 0 Å². The molecular formula is C13H35F3O4Si5. The molecule has 0 saturated carbocycles. The Balaban J connectivity index is 5.37. The van der Waals surface area contributed by atoms with Gasteiger partial charge in [0, 0.05) is 0 Å². The first-order valence-electron chi connectivity index (χ1n) is 8.41. The van der Waals surface area contributed by atoms with Crippen molar-refractivity contribution in [2.24, 2.45) is 0 Å². The van der Waals surface area contributed by atoms with E-state index in [9.17, 15) is 13.2 Å². The highest BCUT2D eigenvalue weighted by molar-refractivity contribution is 6.90. The zero-order valence-corrected chi connectivity index (χ0v) is 22.5. The minimum absolute atomic E-state index is 1.03. The molecule has 12 heteroatoms. The molecule has 25 heavy (non-hydrogen) atoms. The summed E-state index contributed by atoms with van der Waals surface area (Å²) in [5, 5.41) is 0. The second-order valence-electron chi connectivity index (χ2n) is 9.36. The fourth-order valence-corrected chi connectivity index (χ4v) is 25.9. The first-order valence-corrected chi connectivity index (χ1v) is 23.4. The lowest BCUT2D eigenvalue weighted by molar-refractivity contribution is -0.114. The Labute approximate surface area is 156 Å². The van der Waals surface area contributed by atoms with Gasteiger partial charge in [-0.3, -0.25) is 0 Å². The number of halogens is 3. The molecule has 0 spiro atoms. The van der Waals surface area contributed by atoms with Crippen molar-refractivity contribution in [1.82, 2.24) is 0 Å². The summed E-state index contributed by atoms with van der Waals surface area (Å²) >= 11 is 0. The summed E-state index contributed by atoms with van der Waals surface area (Å²) in [5.41, 5.74) is 0. The van der Waals surface area contributed by atoms with Crippen molar-refractivity contribution in [3.8, 4) is 0 Å². The number of hydrogen-bond donors (Lipinski definition) is 0. The molecule has 0 saturated heterocycles. The summed E-state index contributed by atoms with van der Waals surface area (Å²) in [6.45, 7) is 20.7. The number of rotatable bonds is 9. The van der Waals surface area contributed by atoms with Gasteiger partial charge in [-0.15, -0.1) is 0 Å². The van der Waals surface area contributed by atoms with Crippen LogP contribution >= 0.6 is 0 Å². The van der Waals surface area contributed by atoms with Crippen LogP contribution in [0.25, 0.3) is 0 Å². The largest absolute Gasteiger partial charge is 0.437 e. The van der Waals surface area contributed by atoms with Crippen molar-refractivity contribution >= 4 is 42.3 Å². The molecule has 0 aromatic heterocycles. The summed E-state index contributed by atoms with van der Waals surface area (Å²) in [7, 11) is -12.8. The number of hydrogen-bond acceptors (Lipinski definition) is 4. The number of alkyl halides is 3. The molecule has 0 fully saturated rings. The van der Waals surface area contributed by atoms with Crippen LogP contribution in [0.4, 0.5) is 13.2 Å². The van der Waals surface area contributed by atoms with Crippen molar-refractivity contribution in [2.45, 2.75) is 84.2 Å². The van der Waals surface area contributed by atoms with E-state index in [2.05, 4.69) is 19.6 Å². The molecule has 0 aromatic carbocycles. The normalized spacial score (nSPS) is 17.5. The maximum absolute atomic E-state index is 13.1. The maximum atomic E-state index is 13.1. The van der Waals surface area contributed by atoms with Crippen LogP contribution in [0.15, 0.2) is 0 Å². The van der Waals surface area contributed by atoms with Crippen LogP contribution in [0.3, 0.4) is 0 Å². The third kappa shape index (κ3) is 13.5. The van der Waals surface area contributed by atoms with E-state index in [1.807, 2.05) is 32.7 Å². The zero-order chi connectivity index (χ0) is 20.5. The fraction of sp³-hybridized carbons (Fsp3) is 1.00. The Morgan fingerprint density at radius 2 is 0.920 bits per heavy atom. The van der Waals surface area contributed by atoms with Gasteiger partial charge in [-0.25, -0.2) is 0 Å². The van der Waals surface area contributed by atoms with E-state index in [1.165, 1.54) is 6.55 Å². The Kier molecular flexibility index (Phi) is 8.22. The minimum atomic E-state index is -4.33. The monoisotopic (exact) mass is 452 g/mol. The standard InChI is InChI=1S/C13H35F3O4Si5/c1-21(2,3)17-23(7,8)19-24(9,10)20-25(11,12-13(14,15)16)18-22(4,5)6/h12H2,1-11H3. The average molecular weight is 453 g/mol. The Bertz CT molecular complexity index is 428. The molecule has 0 radical (unpaired) electrons. The lowest BCUT2D eigenvalue weighted by atomic mass is 10.8. The molecule has 1 atom stereocenters. The topological polar surface area (TPSA) is 36.9 Å². The maximum Gasteiger partial charge on any atom is 0.391 e. The second kappa shape index (κ2) is 7.99. The molecule has 0 aliphatic rings. The van der Waals surface area contributed by atoms with Gasteiger partial charge in [-0.05, 0) is 72.0 Å². The van der Waals surface area contributed by atoms with E-state index in [-0.39, 0.29) is 0 Å². The van der Waals surface area contributed by atoms with Crippen molar-refractivity contribution in [3.63, 3.8) is 0 Å². The van der Waals surface area contributed by atoms with E-state index in [1.54, 1.807) is 13.1 Å². The van der Waals surface area contributed by atoms with Crippen LogP contribution < -0.4 is 0 Å². The van der Waals surface area contributed by atoms with Gasteiger partial charge in [0.1, 0.15) is 0 Å². The first kappa shape index (κ1) is 25.7. The molecular weight excluding hydrogens is 418 g/mol. The smallest absolute Gasteiger partial charge is 0.391 e. The Morgan fingerprint density at radius 1 is 0.560 bits per heavy atom. The van der Waals surface area contributed by atoms with Crippen LogP contribution in [0.5, 0.6) is 0 Å². The van der Waals surface area contributed by atoms with E-state index in [0.717, 1.165) is 0 Å². The molecule has 0 amide bonds. The lowest BCUT2D eigenvalue weighted by Crippen LogP contribution is -2.60. The van der Waals surface area contributed by atoms with E-state index < -0.39 is 54.5 Å². The molecule has 1 unspecified atom stereocenters. The third-order valence-electron chi connectivity index (χ3n) is 2.55. The molecule has 0 aromatic rings. The second-order valence-corrected chi connectivity index (χ2v) is 29.3. The van der Waals surface area contributed by atoms with Crippen LogP contribution in [0.2, 0.25) is 78.1 Å². The molecule has 0 heterocycles. The van der Waals surface area contributed by atoms with Crippen molar-refractivity contribution in [3.05, 3.63) is 0 Å². The van der Waals surface area contributed by atoms with Crippen LogP contribution in [0.1, 0.15) is 0 Å². The highest BCUT2D eigenvalue weighted by atomic mass is 28.5. The average Bonchev–Trinajstić information content (AvgIpc) is 1.97. The van der Waals surface area contributed by atoms with Gasteiger partial charge < -0.3 is 16.5 Å². The quantitative estimate of drug-likeness (QED) is 0.417. The van der Waals surface area contributed by atoms with Crippen LogP contribution in [-0.4, -0.2) is 48.5 Å². The SMILES string of the molecule is C[Si](C)(C)O[Si](C)(C)O[Si](C)(C)O[Si](C)(CC(F)(F)F)O[Si](C)(C)C. The predicted octanol–water partition coefficient (Wildman–Crippen LogP) is 5.76. The molecule has 4 nitrogen and oxygen atoms in total. The van der Waals surface area contributed by atoms with Crippen molar-refractivity contribution < 1.29 is 29.6 Å². The summed E-state index contributed by atoms with van der Waals surface area (Å²) in [4.78, 5) is 0. The van der Waals surface area contributed by atoms with E-state index in [4.69, 9.17) is 16.5 Å². The molecule has 0 rings (SSSR count). The van der Waals surface area contributed by atoms with Crippen LogP contribution in [-0.2, 0) is 16.5 Å². The fourth-order valence-electron chi connectivity index (χ4n) is 3.00. The molecule has 0 bridgehead atoms. The van der Waals surface area contributed by atoms with Crippen molar-refractivity contribution in [1.29, 1.82) is 0 Å². The van der Waals surface area contributed by atoms with Gasteiger partial charge in [0.15, 0.2) is 16.6 Å². The highest BCUT2D eigenvalue weighted by Gasteiger charge is 2.51. The van der Waals surface area contributed by atoms with Gasteiger partial charge in [0.25, 0.3) is 0 Å². The first-order chi connectivity index (χ1) is 10.5. The summed E-state index contributed by atoms with van der Waals surface area (Å²) in [5.74, 6) is 0. The van der Waals surface area contributed by atoms with E-state index >= 15 is 0 Å². The van der Waals surface area contributed by atoms with Gasteiger partial charge in [-0.1, -0.05) is 0 Å². The van der Waals surface area contributed by atoms with Gasteiger partial charge in [-0.2, -0.15) is 13.2 Å². The van der Waals surface area contributed by atoms with Gasteiger partial charge in [0.2, 0.25) is 0 Å². The molecule has 0 aliphatic heterocycles.